The highest BCUT2D eigenvalue weighted by atomic mass is 16.4. The van der Waals surface area contributed by atoms with E-state index in [4.69, 9.17) is 16.0 Å². The van der Waals surface area contributed by atoms with Gasteiger partial charge in [0, 0.05) is 19.0 Å². The zero-order valence-corrected chi connectivity index (χ0v) is 9.24. The number of aliphatic hydroxyl groups is 1. The Bertz CT molecular complexity index is 223. The van der Waals surface area contributed by atoms with Crippen LogP contribution >= 0.6 is 0 Å². The van der Waals surface area contributed by atoms with Crippen LogP contribution in [-0.2, 0) is 0 Å². The van der Waals surface area contributed by atoms with Gasteiger partial charge in [-0.25, -0.2) is 0 Å². The van der Waals surface area contributed by atoms with Crippen LogP contribution in [0.1, 0.15) is 32.6 Å². The van der Waals surface area contributed by atoms with E-state index in [1.807, 2.05) is 6.92 Å². The van der Waals surface area contributed by atoms with E-state index in [1.165, 1.54) is 0 Å². The molecule has 5 nitrogen and oxygen atoms in total. The minimum Gasteiger partial charge on any atom is -0.409 e. The Morgan fingerprint density at radius 3 is 2.67 bits per heavy atom. The van der Waals surface area contributed by atoms with Crippen molar-refractivity contribution in [1.82, 2.24) is 5.32 Å². The molecule has 0 amide bonds. The lowest BCUT2D eigenvalue weighted by molar-refractivity contribution is 0.231. The van der Waals surface area contributed by atoms with E-state index in [0.29, 0.717) is 12.3 Å². The maximum absolute atomic E-state index is 9.02. The second-order valence-electron chi connectivity index (χ2n) is 4.44. The third kappa shape index (κ3) is 3.68. The van der Waals surface area contributed by atoms with Crippen LogP contribution in [0.3, 0.4) is 0 Å². The first-order valence-corrected chi connectivity index (χ1v) is 5.46. The van der Waals surface area contributed by atoms with Crippen molar-refractivity contribution in [3.05, 3.63) is 0 Å². The summed E-state index contributed by atoms with van der Waals surface area (Å²) in [5.74, 6) is 0.298. The number of rotatable bonds is 7. The SMILES string of the molecule is CCC(CO)NCC1(CC(N)=NO)CC1. The molecule has 1 saturated carbocycles. The third-order valence-electron chi connectivity index (χ3n) is 3.12. The maximum Gasteiger partial charge on any atom is 0.139 e. The van der Waals surface area contributed by atoms with Gasteiger partial charge in [0.05, 0.1) is 6.61 Å². The smallest absolute Gasteiger partial charge is 0.139 e. The molecule has 1 unspecified atom stereocenters. The number of nitrogens with two attached hydrogens (primary N) is 1. The van der Waals surface area contributed by atoms with Gasteiger partial charge in [0.15, 0.2) is 0 Å². The largest absolute Gasteiger partial charge is 0.409 e. The number of amidine groups is 1. The molecule has 1 rings (SSSR count). The lowest BCUT2D eigenvalue weighted by Crippen LogP contribution is -2.37. The highest BCUT2D eigenvalue weighted by Gasteiger charge is 2.43. The first-order chi connectivity index (χ1) is 7.15. The summed E-state index contributed by atoms with van der Waals surface area (Å²) in [5.41, 5.74) is 5.66. The molecule has 1 aliphatic carbocycles. The van der Waals surface area contributed by atoms with Crippen molar-refractivity contribution in [2.75, 3.05) is 13.2 Å². The molecule has 0 spiro atoms. The van der Waals surface area contributed by atoms with Crippen LogP contribution in [0, 0.1) is 5.41 Å². The lowest BCUT2D eigenvalue weighted by atomic mass is 10.0. The summed E-state index contributed by atoms with van der Waals surface area (Å²) in [6, 6.07) is 0.162. The van der Waals surface area contributed by atoms with Crippen LogP contribution in [0.2, 0.25) is 0 Å². The van der Waals surface area contributed by atoms with E-state index in [-0.39, 0.29) is 18.1 Å². The minimum atomic E-state index is 0.162. The second-order valence-corrected chi connectivity index (χ2v) is 4.44. The average molecular weight is 215 g/mol. The molecule has 0 heterocycles. The van der Waals surface area contributed by atoms with Crippen LogP contribution in [0.5, 0.6) is 0 Å². The summed E-state index contributed by atoms with van der Waals surface area (Å²) >= 11 is 0. The summed E-state index contributed by atoms with van der Waals surface area (Å²) in [4.78, 5) is 0. The van der Waals surface area contributed by atoms with E-state index < -0.39 is 0 Å². The molecule has 0 aliphatic heterocycles. The molecule has 0 bridgehead atoms. The van der Waals surface area contributed by atoms with Crippen LogP contribution in [0.25, 0.3) is 0 Å². The highest BCUT2D eigenvalue weighted by Crippen LogP contribution is 2.48. The van der Waals surface area contributed by atoms with E-state index in [9.17, 15) is 0 Å². The van der Waals surface area contributed by atoms with Gasteiger partial charge < -0.3 is 21.4 Å². The molecule has 5 heteroatoms. The van der Waals surface area contributed by atoms with Crippen molar-refractivity contribution in [2.45, 2.75) is 38.6 Å². The average Bonchev–Trinajstić information content (AvgIpc) is 3.00. The van der Waals surface area contributed by atoms with Crippen LogP contribution in [0.15, 0.2) is 5.16 Å². The van der Waals surface area contributed by atoms with Gasteiger partial charge in [-0.15, -0.1) is 0 Å². The molecule has 0 aromatic heterocycles. The first kappa shape index (κ1) is 12.3. The Morgan fingerprint density at radius 1 is 1.60 bits per heavy atom. The summed E-state index contributed by atoms with van der Waals surface area (Å²) in [6.45, 7) is 3.04. The Morgan fingerprint density at radius 2 is 2.27 bits per heavy atom. The van der Waals surface area contributed by atoms with Crippen molar-refractivity contribution in [3.63, 3.8) is 0 Å². The van der Waals surface area contributed by atoms with Gasteiger partial charge in [-0.3, -0.25) is 0 Å². The molecular weight excluding hydrogens is 194 g/mol. The van der Waals surface area contributed by atoms with Gasteiger partial charge in [-0.05, 0) is 24.7 Å². The zero-order chi connectivity index (χ0) is 11.3. The number of oxime groups is 1. The fraction of sp³-hybridized carbons (Fsp3) is 0.900. The second kappa shape index (κ2) is 5.32. The standard InChI is InChI=1S/C10H21N3O2/c1-2-8(6-14)12-7-10(3-4-10)5-9(11)13-15/h8,12,14-15H,2-7H2,1H3,(H2,11,13). The van der Waals surface area contributed by atoms with E-state index in [2.05, 4.69) is 10.5 Å². The van der Waals surface area contributed by atoms with Crippen LogP contribution in [-0.4, -0.2) is 35.3 Å². The summed E-state index contributed by atoms with van der Waals surface area (Å²) in [7, 11) is 0. The molecule has 1 fully saturated rings. The number of hydrogen-bond donors (Lipinski definition) is 4. The molecule has 0 aromatic rings. The normalized spacial score (nSPS) is 21.3. The third-order valence-corrected chi connectivity index (χ3v) is 3.12. The zero-order valence-electron chi connectivity index (χ0n) is 9.24. The highest BCUT2D eigenvalue weighted by molar-refractivity contribution is 5.80. The molecular formula is C10H21N3O2. The predicted molar refractivity (Wildman–Crippen MR) is 58.9 cm³/mol. The fourth-order valence-corrected chi connectivity index (χ4v) is 1.71. The first-order valence-electron chi connectivity index (χ1n) is 5.46. The molecule has 15 heavy (non-hydrogen) atoms. The summed E-state index contributed by atoms with van der Waals surface area (Å²) in [5, 5.41) is 23.8. The van der Waals surface area contributed by atoms with E-state index >= 15 is 0 Å². The lowest BCUT2D eigenvalue weighted by Gasteiger charge is -2.19. The van der Waals surface area contributed by atoms with Gasteiger partial charge in [-0.2, -0.15) is 0 Å². The van der Waals surface area contributed by atoms with Crippen molar-refractivity contribution in [1.29, 1.82) is 0 Å². The van der Waals surface area contributed by atoms with Crippen molar-refractivity contribution >= 4 is 5.84 Å². The fourth-order valence-electron chi connectivity index (χ4n) is 1.71. The van der Waals surface area contributed by atoms with Crippen molar-refractivity contribution < 1.29 is 10.3 Å². The topological polar surface area (TPSA) is 90.9 Å². The number of nitrogens with zero attached hydrogens (tertiary/aromatic N) is 1. The number of aliphatic hydroxyl groups excluding tert-OH is 1. The summed E-state index contributed by atoms with van der Waals surface area (Å²) < 4.78 is 0. The Labute approximate surface area is 90.3 Å². The maximum atomic E-state index is 9.02. The number of hydrogen-bond acceptors (Lipinski definition) is 4. The van der Waals surface area contributed by atoms with Crippen molar-refractivity contribution in [2.24, 2.45) is 16.3 Å². The van der Waals surface area contributed by atoms with E-state index in [1.54, 1.807) is 0 Å². The van der Waals surface area contributed by atoms with Gasteiger partial charge in [0.25, 0.3) is 0 Å². The molecule has 0 radical (unpaired) electrons. The Hall–Kier alpha value is -0.810. The minimum absolute atomic E-state index is 0.162. The Kier molecular flexibility index (Phi) is 4.35. The molecule has 0 saturated heterocycles. The van der Waals surface area contributed by atoms with Gasteiger partial charge >= 0.3 is 0 Å². The van der Waals surface area contributed by atoms with Crippen LogP contribution < -0.4 is 11.1 Å². The van der Waals surface area contributed by atoms with E-state index in [0.717, 1.165) is 25.8 Å². The molecule has 0 aromatic carbocycles. The predicted octanol–water partition coefficient (Wildman–Crippen LogP) is 0.264. The molecule has 1 atom stereocenters. The van der Waals surface area contributed by atoms with Gasteiger partial charge in [0.2, 0.25) is 0 Å². The molecule has 1 aliphatic rings. The Balaban J connectivity index is 2.31. The monoisotopic (exact) mass is 215 g/mol. The number of nitrogens with one attached hydrogen (secondary N) is 1. The van der Waals surface area contributed by atoms with Crippen molar-refractivity contribution in [3.8, 4) is 0 Å². The van der Waals surface area contributed by atoms with Gasteiger partial charge in [0.1, 0.15) is 5.84 Å². The van der Waals surface area contributed by atoms with Gasteiger partial charge in [-0.1, -0.05) is 12.1 Å². The molecule has 5 N–H and O–H groups in total. The van der Waals surface area contributed by atoms with Crippen LogP contribution in [0.4, 0.5) is 0 Å². The quantitative estimate of drug-likeness (QED) is 0.212. The molecule has 88 valence electrons. The summed E-state index contributed by atoms with van der Waals surface area (Å²) in [6.07, 6.45) is 3.77.